The zero-order chi connectivity index (χ0) is 16.7. The van der Waals surface area contributed by atoms with E-state index in [1.54, 1.807) is 29.1 Å². The Morgan fingerprint density at radius 2 is 2.17 bits per heavy atom. The number of aromatic nitrogens is 2. The summed E-state index contributed by atoms with van der Waals surface area (Å²) in [5, 5.41) is 7.03. The second-order valence-corrected chi connectivity index (χ2v) is 5.35. The molecule has 0 spiro atoms. The average Bonchev–Trinajstić information content (AvgIpc) is 3.00. The highest BCUT2D eigenvalue weighted by Gasteiger charge is 2.07. The van der Waals surface area contributed by atoms with Gasteiger partial charge in [-0.05, 0) is 31.3 Å². The number of halogens is 1. The summed E-state index contributed by atoms with van der Waals surface area (Å²) >= 11 is 0. The van der Waals surface area contributed by atoms with Crippen LogP contribution < -0.4 is 5.32 Å². The minimum Gasteiger partial charge on any atom is -0.353 e. The summed E-state index contributed by atoms with van der Waals surface area (Å²) in [6.45, 7) is 5.40. The van der Waals surface area contributed by atoms with Crippen LogP contribution in [0.3, 0.4) is 0 Å². The van der Waals surface area contributed by atoms with Crippen LogP contribution in [-0.2, 0) is 11.3 Å². The van der Waals surface area contributed by atoms with Crippen molar-refractivity contribution in [2.45, 2.75) is 13.0 Å². The molecule has 6 heteroatoms. The van der Waals surface area contributed by atoms with Gasteiger partial charge in [0.2, 0.25) is 5.91 Å². The minimum absolute atomic E-state index is 0.0127. The van der Waals surface area contributed by atoms with Gasteiger partial charge in [-0.2, -0.15) is 5.10 Å². The van der Waals surface area contributed by atoms with Gasteiger partial charge < -0.3 is 10.2 Å². The molecule has 0 saturated heterocycles. The van der Waals surface area contributed by atoms with Gasteiger partial charge in [0.15, 0.2) is 0 Å². The van der Waals surface area contributed by atoms with Crippen LogP contribution in [0.5, 0.6) is 0 Å². The number of hydrogen-bond acceptors (Lipinski definition) is 3. The van der Waals surface area contributed by atoms with Crippen LogP contribution in [0.4, 0.5) is 4.39 Å². The molecule has 0 aliphatic rings. The molecule has 0 bridgehead atoms. The molecule has 2 aromatic rings. The Morgan fingerprint density at radius 3 is 2.87 bits per heavy atom. The summed E-state index contributed by atoms with van der Waals surface area (Å²) in [5.41, 5.74) is 1.84. The Bertz CT molecular complexity index is 651. The van der Waals surface area contributed by atoms with Crippen LogP contribution in [0.25, 0.3) is 5.69 Å². The van der Waals surface area contributed by atoms with Crippen molar-refractivity contribution >= 4 is 5.91 Å². The first-order valence-electron chi connectivity index (χ1n) is 7.44. The Balaban J connectivity index is 1.85. The molecule has 0 fully saturated rings. The molecule has 1 heterocycles. The summed E-state index contributed by atoms with van der Waals surface area (Å²) in [7, 11) is 1.95. The number of benzene rings is 1. The van der Waals surface area contributed by atoms with Gasteiger partial charge in [0.05, 0.1) is 11.9 Å². The Kier molecular flexibility index (Phi) is 6.05. The molecule has 5 nitrogen and oxygen atoms in total. The SMILES string of the molecule is C=CCNC(=O)CCN(C)Cc1cnn(-c2ccc(F)cc2)c1. The molecule has 0 radical (unpaired) electrons. The predicted molar refractivity (Wildman–Crippen MR) is 87.7 cm³/mol. The maximum Gasteiger partial charge on any atom is 0.221 e. The van der Waals surface area contributed by atoms with Crippen molar-refractivity contribution in [3.05, 3.63) is 60.7 Å². The van der Waals surface area contributed by atoms with Crippen molar-refractivity contribution < 1.29 is 9.18 Å². The third kappa shape index (κ3) is 5.34. The molecule has 2 rings (SSSR count). The first kappa shape index (κ1) is 16.9. The summed E-state index contributed by atoms with van der Waals surface area (Å²) in [4.78, 5) is 13.6. The first-order valence-corrected chi connectivity index (χ1v) is 7.44. The molecule has 1 amide bonds. The Labute approximate surface area is 135 Å². The summed E-state index contributed by atoms with van der Waals surface area (Å²) in [5.74, 6) is -0.255. The molecule has 1 aromatic carbocycles. The van der Waals surface area contributed by atoms with E-state index in [0.29, 0.717) is 26.1 Å². The van der Waals surface area contributed by atoms with Crippen LogP contribution in [0.15, 0.2) is 49.3 Å². The lowest BCUT2D eigenvalue weighted by Crippen LogP contribution is -2.28. The van der Waals surface area contributed by atoms with E-state index in [-0.39, 0.29) is 11.7 Å². The van der Waals surface area contributed by atoms with Gasteiger partial charge in [-0.25, -0.2) is 9.07 Å². The number of nitrogens with zero attached hydrogens (tertiary/aromatic N) is 3. The van der Waals surface area contributed by atoms with Gasteiger partial charge in [0, 0.05) is 37.8 Å². The molecule has 1 aromatic heterocycles. The number of nitrogens with one attached hydrogen (secondary N) is 1. The van der Waals surface area contributed by atoms with E-state index in [9.17, 15) is 9.18 Å². The fourth-order valence-corrected chi connectivity index (χ4v) is 2.13. The fourth-order valence-electron chi connectivity index (χ4n) is 2.13. The van der Waals surface area contributed by atoms with Crippen LogP contribution >= 0.6 is 0 Å². The molecule has 0 aliphatic heterocycles. The van der Waals surface area contributed by atoms with Crippen LogP contribution in [0.2, 0.25) is 0 Å². The molecule has 0 saturated carbocycles. The largest absolute Gasteiger partial charge is 0.353 e. The van der Waals surface area contributed by atoms with Crippen molar-refractivity contribution in [3.63, 3.8) is 0 Å². The van der Waals surface area contributed by atoms with Gasteiger partial charge in [0.1, 0.15) is 5.82 Å². The number of hydrogen-bond donors (Lipinski definition) is 1. The lowest BCUT2D eigenvalue weighted by molar-refractivity contribution is -0.121. The van der Waals surface area contributed by atoms with Crippen LogP contribution in [-0.4, -0.2) is 40.7 Å². The van der Waals surface area contributed by atoms with E-state index in [0.717, 1.165) is 11.3 Å². The molecule has 0 atom stereocenters. The van der Waals surface area contributed by atoms with E-state index in [2.05, 4.69) is 21.9 Å². The minimum atomic E-state index is -0.268. The quantitative estimate of drug-likeness (QED) is 0.759. The maximum absolute atomic E-state index is 12.9. The lowest BCUT2D eigenvalue weighted by Gasteiger charge is -2.14. The van der Waals surface area contributed by atoms with Gasteiger partial charge in [-0.3, -0.25) is 4.79 Å². The molecule has 0 aliphatic carbocycles. The van der Waals surface area contributed by atoms with Crippen molar-refractivity contribution in [1.82, 2.24) is 20.0 Å². The topological polar surface area (TPSA) is 50.2 Å². The van der Waals surface area contributed by atoms with Crippen molar-refractivity contribution in [2.75, 3.05) is 20.1 Å². The van der Waals surface area contributed by atoms with Crippen molar-refractivity contribution in [3.8, 4) is 5.69 Å². The van der Waals surface area contributed by atoms with Crippen LogP contribution in [0.1, 0.15) is 12.0 Å². The second-order valence-electron chi connectivity index (χ2n) is 5.35. The number of carbonyl (C=O) groups excluding carboxylic acids is 1. The summed E-state index contributed by atoms with van der Waals surface area (Å²) in [6, 6.07) is 6.18. The van der Waals surface area contributed by atoms with Gasteiger partial charge >= 0.3 is 0 Å². The van der Waals surface area contributed by atoms with E-state index in [4.69, 9.17) is 0 Å². The standard InChI is InChI=1S/C17H21FN4O/c1-3-9-19-17(23)8-10-21(2)12-14-11-20-22(13-14)16-6-4-15(18)5-7-16/h3-7,11,13H,1,8-10,12H2,2H3,(H,19,23). The summed E-state index contributed by atoms with van der Waals surface area (Å²) < 4.78 is 14.6. The van der Waals surface area contributed by atoms with E-state index < -0.39 is 0 Å². The third-order valence-electron chi connectivity index (χ3n) is 3.34. The summed E-state index contributed by atoms with van der Waals surface area (Å²) in [6.07, 6.45) is 5.78. The average molecular weight is 316 g/mol. The number of rotatable bonds is 8. The highest BCUT2D eigenvalue weighted by Crippen LogP contribution is 2.10. The van der Waals surface area contributed by atoms with E-state index in [1.807, 2.05) is 13.2 Å². The number of amides is 1. The number of carbonyl (C=O) groups is 1. The Hall–Kier alpha value is -2.47. The highest BCUT2D eigenvalue weighted by atomic mass is 19.1. The monoisotopic (exact) mass is 316 g/mol. The first-order chi connectivity index (χ1) is 11.1. The van der Waals surface area contributed by atoms with Gasteiger partial charge in [-0.1, -0.05) is 6.08 Å². The molecule has 1 N–H and O–H groups in total. The predicted octanol–water partition coefficient (Wildman–Crippen LogP) is 2.14. The van der Waals surface area contributed by atoms with E-state index >= 15 is 0 Å². The Morgan fingerprint density at radius 1 is 1.43 bits per heavy atom. The van der Waals surface area contributed by atoms with Crippen molar-refractivity contribution in [1.29, 1.82) is 0 Å². The van der Waals surface area contributed by atoms with Crippen molar-refractivity contribution in [2.24, 2.45) is 0 Å². The normalized spacial score (nSPS) is 10.7. The second kappa shape index (κ2) is 8.24. The zero-order valence-corrected chi connectivity index (χ0v) is 13.2. The molecule has 122 valence electrons. The lowest BCUT2D eigenvalue weighted by atomic mass is 10.3. The smallest absolute Gasteiger partial charge is 0.221 e. The molecule has 23 heavy (non-hydrogen) atoms. The molecular formula is C17H21FN4O. The highest BCUT2D eigenvalue weighted by molar-refractivity contribution is 5.76. The van der Waals surface area contributed by atoms with E-state index in [1.165, 1.54) is 12.1 Å². The van der Waals surface area contributed by atoms with Gasteiger partial charge in [-0.15, -0.1) is 6.58 Å². The van der Waals surface area contributed by atoms with Gasteiger partial charge in [0.25, 0.3) is 0 Å². The maximum atomic E-state index is 12.9. The molecular weight excluding hydrogens is 295 g/mol. The fraction of sp³-hybridized carbons (Fsp3) is 0.294. The zero-order valence-electron chi connectivity index (χ0n) is 13.2. The molecule has 0 unspecified atom stereocenters. The third-order valence-corrected chi connectivity index (χ3v) is 3.34. The van der Waals surface area contributed by atoms with Crippen LogP contribution in [0, 0.1) is 5.82 Å².